The van der Waals surface area contributed by atoms with E-state index in [1.165, 1.54) is 24.0 Å². The molecule has 1 aliphatic carbocycles. The van der Waals surface area contributed by atoms with E-state index in [0.29, 0.717) is 23.7 Å². The summed E-state index contributed by atoms with van der Waals surface area (Å²) < 4.78 is 11.4. The van der Waals surface area contributed by atoms with Gasteiger partial charge in [0.2, 0.25) is 0 Å². The first-order valence-corrected chi connectivity index (χ1v) is 9.85. The SMILES string of the molecule is C[C@@H]1CN(C(=O)c2cc(-c3ccc4c(c3)CCCC4)on2)c2ccccc2O1. The highest BCUT2D eigenvalue weighted by molar-refractivity contribution is 6.06. The fraction of sp³-hybridized carbons (Fsp3) is 0.304. The molecular weight excluding hydrogens is 352 g/mol. The zero-order valence-corrected chi connectivity index (χ0v) is 15.9. The molecule has 0 saturated carbocycles. The fourth-order valence-corrected chi connectivity index (χ4v) is 4.12. The van der Waals surface area contributed by atoms with Gasteiger partial charge in [-0.25, -0.2) is 0 Å². The van der Waals surface area contributed by atoms with Crippen LogP contribution in [0.15, 0.2) is 53.1 Å². The number of hydrogen-bond donors (Lipinski definition) is 0. The van der Waals surface area contributed by atoms with Crippen molar-refractivity contribution in [2.75, 3.05) is 11.4 Å². The first-order valence-electron chi connectivity index (χ1n) is 9.85. The summed E-state index contributed by atoms with van der Waals surface area (Å²) >= 11 is 0. The summed E-state index contributed by atoms with van der Waals surface area (Å²) in [7, 11) is 0. The van der Waals surface area contributed by atoms with Crippen LogP contribution in [0.4, 0.5) is 5.69 Å². The smallest absolute Gasteiger partial charge is 0.280 e. The number of aryl methyl sites for hydroxylation is 2. The highest BCUT2D eigenvalue weighted by atomic mass is 16.5. The van der Waals surface area contributed by atoms with E-state index < -0.39 is 0 Å². The van der Waals surface area contributed by atoms with E-state index in [1.807, 2.05) is 31.2 Å². The Labute approximate surface area is 163 Å². The molecule has 0 saturated heterocycles. The molecule has 2 aliphatic rings. The third-order valence-corrected chi connectivity index (χ3v) is 5.53. The normalized spacial score (nSPS) is 18.2. The van der Waals surface area contributed by atoms with Gasteiger partial charge in [-0.3, -0.25) is 9.69 Å². The van der Waals surface area contributed by atoms with Crippen LogP contribution in [-0.2, 0) is 12.8 Å². The summed E-state index contributed by atoms with van der Waals surface area (Å²) in [6.45, 7) is 2.44. The molecule has 1 atom stereocenters. The minimum Gasteiger partial charge on any atom is -0.487 e. The number of rotatable bonds is 2. The second kappa shape index (κ2) is 6.82. The van der Waals surface area contributed by atoms with Gasteiger partial charge in [0.15, 0.2) is 11.5 Å². The standard InChI is InChI=1S/C23H22N2O3/c1-15-14-25(20-8-4-5-9-21(20)27-15)23(26)19-13-22(28-24-19)18-11-10-16-6-2-3-7-17(16)12-18/h4-5,8-13,15H,2-3,6-7,14H2,1H3/t15-/m1/s1. The van der Waals surface area contributed by atoms with Crippen LogP contribution in [0.25, 0.3) is 11.3 Å². The predicted octanol–water partition coefficient (Wildman–Crippen LogP) is 4.65. The maximum Gasteiger partial charge on any atom is 0.280 e. The van der Waals surface area contributed by atoms with Gasteiger partial charge in [0.05, 0.1) is 12.2 Å². The number of benzene rings is 2. The van der Waals surface area contributed by atoms with Crippen molar-refractivity contribution in [1.29, 1.82) is 0 Å². The van der Waals surface area contributed by atoms with Crippen molar-refractivity contribution in [2.45, 2.75) is 38.7 Å². The first kappa shape index (κ1) is 17.0. The molecule has 142 valence electrons. The fourth-order valence-electron chi connectivity index (χ4n) is 4.12. The van der Waals surface area contributed by atoms with Gasteiger partial charge in [0.25, 0.3) is 5.91 Å². The molecule has 0 unspecified atom stereocenters. The number of aromatic nitrogens is 1. The molecule has 0 N–H and O–H groups in total. The Hall–Kier alpha value is -3.08. The first-order chi connectivity index (χ1) is 13.7. The summed E-state index contributed by atoms with van der Waals surface area (Å²) in [5, 5.41) is 4.07. The van der Waals surface area contributed by atoms with Crippen LogP contribution in [0.2, 0.25) is 0 Å². The van der Waals surface area contributed by atoms with Crippen LogP contribution < -0.4 is 9.64 Å². The lowest BCUT2D eigenvalue weighted by Gasteiger charge is -2.32. The largest absolute Gasteiger partial charge is 0.487 e. The van der Waals surface area contributed by atoms with Gasteiger partial charge in [-0.1, -0.05) is 29.4 Å². The van der Waals surface area contributed by atoms with Gasteiger partial charge in [0.1, 0.15) is 11.9 Å². The number of carbonyl (C=O) groups excluding carboxylic acids is 1. The van der Waals surface area contributed by atoms with Crippen molar-refractivity contribution in [3.05, 3.63) is 65.4 Å². The molecule has 0 spiro atoms. The molecule has 28 heavy (non-hydrogen) atoms. The number of amides is 1. The average Bonchev–Trinajstić information content (AvgIpc) is 3.22. The Morgan fingerprint density at radius 2 is 1.89 bits per heavy atom. The van der Waals surface area contributed by atoms with Gasteiger partial charge < -0.3 is 9.26 Å². The lowest BCUT2D eigenvalue weighted by molar-refractivity contribution is 0.0952. The molecular formula is C23H22N2O3. The number of carbonyl (C=O) groups is 1. The van der Waals surface area contributed by atoms with Crippen molar-refractivity contribution < 1.29 is 14.1 Å². The second-order valence-corrected chi connectivity index (χ2v) is 7.58. The molecule has 1 aliphatic heterocycles. The van der Waals surface area contributed by atoms with E-state index >= 15 is 0 Å². The van der Waals surface area contributed by atoms with Gasteiger partial charge in [-0.2, -0.15) is 0 Å². The Morgan fingerprint density at radius 1 is 1.07 bits per heavy atom. The second-order valence-electron chi connectivity index (χ2n) is 7.58. The van der Waals surface area contributed by atoms with Crippen molar-refractivity contribution >= 4 is 11.6 Å². The molecule has 3 aromatic rings. The maximum atomic E-state index is 13.1. The lowest BCUT2D eigenvalue weighted by Crippen LogP contribution is -2.42. The monoisotopic (exact) mass is 374 g/mol. The van der Waals surface area contributed by atoms with E-state index in [9.17, 15) is 4.79 Å². The average molecular weight is 374 g/mol. The maximum absolute atomic E-state index is 13.1. The third kappa shape index (κ3) is 2.97. The van der Waals surface area contributed by atoms with E-state index in [1.54, 1.807) is 11.0 Å². The van der Waals surface area contributed by atoms with E-state index in [2.05, 4.69) is 23.4 Å². The Morgan fingerprint density at radius 3 is 2.79 bits per heavy atom. The van der Waals surface area contributed by atoms with Gasteiger partial charge in [0, 0.05) is 11.6 Å². The molecule has 0 fully saturated rings. The number of hydrogen-bond acceptors (Lipinski definition) is 4. The summed E-state index contributed by atoms with van der Waals surface area (Å²) in [4.78, 5) is 14.9. The molecule has 0 bridgehead atoms. The molecule has 0 radical (unpaired) electrons. The number of nitrogens with zero attached hydrogens (tertiary/aromatic N) is 2. The Bertz CT molecular complexity index is 1040. The summed E-state index contributed by atoms with van der Waals surface area (Å²) in [5.74, 6) is 1.18. The third-order valence-electron chi connectivity index (χ3n) is 5.53. The van der Waals surface area contributed by atoms with Crippen LogP contribution >= 0.6 is 0 Å². The molecule has 1 aromatic heterocycles. The zero-order chi connectivity index (χ0) is 19.1. The van der Waals surface area contributed by atoms with Gasteiger partial charge in [-0.15, -0.1) is 0 Å². The number of fused-ring (bicyclic) bond motifs is 2. The molecule has 2 heterocycles. The van der Waals surface area contributed by atoms with E-state index in [-0.39, 0.29) is 12.0 Å². The Kier molecular flexibility index (Phi) is 4.15. The van der Waals surface area contributed by atoms with Crippen molar-refractivity contribution in [3.8, 4) is 17.1 Å². The highest BCUT2D eigenvalue weighted by Crippen LogP contribution is 2.34. The van der Waals surface area contributed by atoms with Crippen LogP contribution in [-0.4, -0.2) is 23.7 Å². The van der Waals surface area contributed by atoms with Crippen LogP contribution in [0.3, 0.4) is 0 Å². The van der Waals surface area contributed by atoms with Crippen molar-refractivity contribution in [2.24, 2.45) is 0 Å². The predicted molar refractivity (Wildman–Crippen MR) is 107 cm³/mol. The van der Waals surface area contributed by atoms with Gasteiger partial charge in [-0.05, 0) is 61.9 Å². The molecule has 5 nitrogen and oxygen atoms in total. The zero-order valence-electron chi connectivity index (χ0n) is 15.9. The number of anilines is 1. The minimum absolute atomic E-state index is 0.0779. The quantitative estimate of drug-likeness (QED) is 0.655. The summed E-state index contributed by atoms with van der Waals surface area (Å²) in [6.07, 6.45) is 4.65. The Balaban J connectivity index is 1.44. The van der Waals surface area contributed by atoms with Crippen LogP contribution in [0, 0.1) is 0 Å². The summed E-state index contributed by atoms with van der Waals surface area (Å²) in [5.41, 5.74) is 4.86. The minimum atomic E-state index is -0.171. The van der Waals surface area contributed by atoms with E-state index in [0.717, 1.165) is 24.1 Å². The molecule has 2 aromatic carbocycles. The molecule has 1 amide bonds. The molecule has 5 heteroatoms. The molecule has 5 rings (SSSR count). The van der Waals surface area contributed by atoms with Crippen LogP contribution in [0.5, 0.6) is 5.75 Å². The van der Waals surface area contributed by atoms with Crippen molar-refractivity contribution in [1.82, 2.24) is 5.16 Å². The van der Waals surface area contributed by atoms with Crippen molar-refractivity contribution in [3.63, 3.8) is 0 Å². The van der Waals surface area contributed by atoms with E-state index in [4.69, 9.17) is 9.26 Å². The topological polar surface area (TPSA) is 55.6 Å². The summed E-state index contributed by atoms with van der Waals surface area (Å²) in [6, 6.07) is 15.7. The number of para-hydroxylation sites is 2. The lowest BCUT2D eigenvalue weighted by atomic mass is 9.90. The van der Waals surface area contributed by atoms with Gasteiger partial charge >= 0.3 is 0 Å². The highest BCUT2D eigenvalue weighted by Gasteiger charge is 2.30. The van der Waals surface area contributed by atoms with Crippen LogP contribution in [0.1, 0.15) is 41.4 Å². The number of ether oxygens (including phenoxy) is 1.